The number of esters is 1. The zero-order valence-corrected chi connectivity index (χ0v) is 12.8. The Morgan fingerprint density at radius 2 is 2.42 bits per heavy atom. The Labute approximate surface area is 118 Å². The largest absolute Gasteiger partial charge is 0.468 e. The molecule has 0 radical (unpaired) electrons. The molecule has 1 aromatic heterocycles. The number of nitrogens with one attached hydrogen (secondary N) is 1. The Hall–Kier alpha value is -1.01. The first-order chi connectivity index (χ1) is 9.01. The first kappa shape index (κ1) is 16.0. The fraction of sp³-hybridized carbons (Fsp3) is 0.692. The van der Waals surface area contributed by atoms with Gasteiger partial charge in [0.2, 0.25) is 0 Å². The van der Waals surface area contributed by atoms with Crippen molar-refractivity contribution in [2.45, 2.75) is 49.6 Å². The van der Waals surface area contributed by atoms with Crippen molar-refractivity contribution < 1.29 is 13.9 Å². The van der Waals surface area contributed by atoms with Crippen molar-refractivity contribution >= 4 is 17.7 Å². The van der Waals surface area contributed by atoms with Crippen molar-refractivity contribution in [1.82, 2.24) is 10.3 Å². The smallest absolute Gasteiger partial charge is 0.325 e. The molecule has 0 aliphatic carbocycles. The minimum Gasteiger partial charge on any atom is -0.468 e. The minimum atomic E-state index is -0.677. The van der Waals surface area contributed by atoms with Crippen LogP contribution in [0.3, 0.4) is 0 Å². The Morgan fingerprint density at radius 3 is 2.95 bits per heavy atom. The van der Waals surface area contributed by atoms with Crippen molar-refractivity contribution in [3.05, 3.63) is 12.5 Å². The number of nitrogens with zero attached hydrogens (tertiary/aromatic N) is 1. The van der Waals surface area contributed by atoms with E-state index in [1.807, 2.05) is 13.8 Å². The average Bonchev–Trinajstić information content (AvgIpc) is 2.87. The number of aromatic nitrogens is 1. The SMILES string of the molecule is CCCNC(C)(CC(C)Sc1ncco1)C(=O)OC. The lowest BCUT2D eigenvalue weighted by Crippen LogP contribution is -2.51. The van der Waals surface area contributed by atoms with Crippen LogP contribution in [0.4, 0.5) is 0 Å². The van der Waals surface area contributed by atoms with E-state index in [2.05, 4.69) is 17.2 Å². The summed E-state index contributed by atoms with van der Waals surface area (Å²) in [7, 11) is 1.42. The number of methoxy groups -OCH3 is 1. The van der Waals surface area contributed by atoms with Gasteiger partial charge in [0.05, 0.1) is 13.3 Å². The van der Waals surface area contributed by atoms with Crippen LogP contribution >= 0.6 is 11.8 Å². The molecule has 1 N–H and O–H groups in total. The summed E-state index contributed by atoms with van der Waals surface area (Å²) in [5.41, 5.74) is -0.677. The molecule has 0 saturated carbocycles. The van der Waals surface area contributed by atoms with Crippen molar-refractivity contribution in [1.29, 1.82) is 0 Å². The van der Waals surface area contributed by atoms with E-state index in [0.29, 0.717) is 11.6 Å². The number of thioether (sulfide) groups is 1. The summed E-state index contributed by atoms with van der Waals surface area (Å²) >= 11 is 1.51. The summed E-state index contributed by atoms with van der Waals surface area (Å²) in [6.07, 6.45) is 4.77. The molecule has 0 aromatic carbocycles. The highest BCUT2D eigenvalue weighted by Crippen LogP contribution is 2.28. The van der Waals surface area contributed by atoms with E-state index in [4.69, 9.17) is 9.15 Å². The van der Waals surface area contributed by atoms with Gasteiger partial charge in [-0.3, -0.25) is 4.79 Å². The molecule has 2 atom stereocenters. The molecule has 1 rings (SSSR count). The van der Waals surface area contributed by atoms with Crippen LogP contribution in [0.25, 0.3) is 0 Å². The molecule has 0 amide bonds. The maximum Gasteiger partial charge on any atom is 0.325 e. The summed E-state index contributed by atoms with van der Waals surface area (Å²) in [6, 6.07) is 0. The van der Waals surface area contributed by atoms with Gasteiger partial charge >= 0.3 is 5.97 Å². The van der Waals surface area contributed by atoms with Gasteiger partial charge in [-0.25, -0.2) is 4.98 Å². The predicted molar refractivity (Wildman–Crippen MR) is 75.2 cm³/mol. The van der Waals surface area contributed by atoms with Crippen molar-refractivity contribution in [3.8, 4) is 0 Å². The first-order valence-electron chi connectivity index (χ1n) is 6.41. The van der Waals surface area contributed by atoms with Crippen molar-refractivity contribution in [2.75, 3.05) is 13.7 Å². The molecule has 108 valence electrons. The summed E-state index contributed by atoms with van der Waals surface area (Å²) in [5, 5.41) is 4.08. The van der Waals surface area contributed by atoms with Gasteiger partial charge < -0.3 is 14.5 Å². The first-order valence-corrected chi connectivity index (χ1v) is 7.29. The van der Waals surface area contributed by atoms with Gasteiger partial charge in [-0.1, -0.05) is 25.6 Å². The molecule has 0 aliphatic rings. The molecule has 19 heavy (non-hydrogen) atoms. The third kappa shape index (κ3) is 4.87. The van der Waals surface area contributed by atoms with Gasteiger partial charge in [-0.2, -0.15) is 0 Å². The fourth-order valence-corrected chi connectivity index (χ4v) is 2.90. The Kier molecular flexibility index (Phi) is 6.37. The minimum absolute atomic E-state index is 0.187. The second-order valence-corrected chi connectivity index (χ2v) is 6.07. The van der Waals surface area contributed by atoms with Gasteiger partial charge in [0, 0.05) is 5.25 Å². The normalized spacial score (nSPS) is 15.8. The quantitative estimate of drug-likeness (QED) is 0.585. The van der Waals surface area contributed by atoms with E-state index in [9.17, 15) is 4.79 Å². The van der Waals surface area contributed by atoms with Crippen LogP contribution in [0.2, 0.25) is 0 Å². The van der Waals surface area contributed by atoms with Gasteiger partial charge in [-0.15, -0.1) is 0 Å². The van der Waals surface area contributed by atoms with E-state index in [1.54, 1.807) is 12.5 Å². The Balaban J connectivity index is 2.62. The van der Waals surface area contributed by atoms with Gasteiger partial charge in [0.15, 0.2) is 0 Å². The molecular weight excluding hydrogens is 264 g/mol. The van der Waals surface area contributed by atoms with E-state index in [1.165, 1.54) is 18.9 Å². The number of carbonyl (C=O) groups excluding carboxylic acids is 1. The number of hydrogen-bond acceptors (Lipinski definition) is 6. The van der Waals surface area contributed by atoms with Gasteiger partial charge in [0.1, 0.15) is 11.8 Å². The maximum atomic E-state index is 11.9. The second-order valence-electron chi connectivity index (χ2n) is 4.68. The Morgan fingerprint density at radius 1 is 1.68 bits per heavy atom. The molecule has 1 heterocycles. The van der Waals surface area contributed by atoms with E-state index >= 15 is 0 Å². The standard InChI is InChI=1S/C13H22N2O3S/c1-5-6-15-13(3,11(16)17-4)9-10(2)19-12-14-7-8-18-12/h7-8,10,15H,5-6,9H2,1-4H3. The molecule has 6 heteroatoms. The molecule has 0 fully saturated rings. The monoisotopic (exact) mass is 286 g/mol. The lowest BCUT2D eigenvalue weighted by Gasteiger charge is -2.30. The molecule has 2 unspecified atom stereocenters. The predicted octanol–water partition coefficient (Wildman–Crippen LogP) is 2.48. The highest BCUT2D eigenvalue weighted by molar-refractivity contribution is 7.99. The Bertz CT molecular complexity index is 383. The fourth-order valence-electron chi connectivity index (χ4n) is 1.91. The van der Waals surface area contributed by atoms with E-state index < -0.39 is 5.54 Å². The maximum absolute atomic E-state index is 11.9. The third-order valence-electron chi connectivity index (χ3n) is 2.81. The van der Waals surface area contributed by atoms with Crippen LogP contribution in [0.1, 0.15) is 33.6 Å². The summed E-state index contributed by atoms with van der Waals surface area (Å²) in [5.74, 6) is -0.235. The third-order valence-corrected chi connectivity index (χ3v) is 3.78. The van der Waals surface area contributed by atoms with Crippen molar-refractivity contribution in [3.63, 3.8) is 0 Å². The van der Waals surface area contributed by atoms with Crippen molar-refractivity contribution in [2.24, 2.45) is 0 Å². The van der Waals surface area contributed by atoms with Gasteiger partial charge in [-0.05, 0) is 26.3 Å². The number of hydrogen-bond donors (Lipinski definition) is 1. The van der Waals surface area contributed by atoms with Crippen LogP contribution in [0.5, 0.6) is 0 Å². The molecule has 1 aromatic rings. The second kappa shape index (κ2) is 7.55. The number of oxazole rings is 1. The lowest BCUT2D eigenvalue weighted by molar-refractivity contribution is -0.148. The summed E-state index contributed by atoms with van der Waals surface area (Å²) < 4.78 is 10.1. The molecule has 0 bridgehead atoms. The summed E-state index contributed by atoms with van der Waals surface area (Å²) in [4.78, 5) is 16.0. The average molecular weight is 286 g/mol. The zero-order chi connectivity index (χ0) is 14.3. The van der Waals surface area contributed by atoms with Crippen LogP contribution in [0.15, 0.2) is 22.1 Å². The number of rotatable bonds is 8. The molecule has 5 nitrogen and oxygen atoms in total. The van der Waals surface area contributed by atoms with E-state index in [-0.39, 0.29) is 11.2 Å². The highest BCUT2D eigenvalue weighted by atomic mass is 32.2. The zero-order valence-electron chi connectivity index (χ0n) is 11.9. The van der Waals surface area contributed by atoms with Crippen LogP contribution < -0.4 is 5.32 Å². The number of carbonyl (C=O) groups is 1. The highest BCUT2D eigenvalue weighted by Gasteiger charge is 2.35. The molecule has 0 saturated heterocycles. The van der Waals surface area contributed by atoms with E-state index in [0.717, 1.165) is 13.0 Å². The molecule has 0 spiro atoms. The van der Waals surface area contributed by atoms with Crippen LogP contribution in [-0.2, 0) is 9.53 Å². The molecule has 0 aliphatic heterocycles. The van der Waals surface area contributed by atoms with Crippen LogP contribution in [0, 0.1) is 0 Å². The topological polar surface area (TPSA) is 64.4 Å². The molecular formula is C13H22N2O3S. The van der Waals surface area contributed by atoms with Gasteiger partial charge in [0.25, 0.3) is 5.22 Å². The number of ether oxygens (including phenoxy) is 1. The van der Waals surface area contributed by atoms with Crippen LogP contribution in [-0.4, -0.2) is 35.4 Å². The summed E-state index contributed by atoms with van der Waals surface area (Å²) in [6.45, 7) is 6.77. The lowest BCUT2D eigenvalue weighted by atomic mass is 9.96.